The first kappa shape index (κ1) is 14.0. The van der Waals surface area contributed by atoms with Crippen LogP contribution in [0.3, 0.4) is 0 Å². The van der Waals surface area contributed by atoms with Crippen LogP contribution in [-0.2, 0) is 5.41 Å². The summed E-state index contributed by atoms with van der Waals surface area (Å²) in [6.45, 7) is 8.26. The van der Waals surface area contributed by atoms with Gasteiger partial charge in [-0.15, -0.1) is 0 Å². The molecular formula is C17H23N3O2. The summed E-state index contributed by atoms with van der Waals surface area (Å²) in [5, 5.41) is 3.20. The number of ether oxygens (including phenoxy) is 1. The van der Waals surface area contributed by atoms with Crippen molar-refractivity contribution in [2.24, 2.45) is 5.92 Å². The summed E-state index contributed by atoms with van der Waals surface area (Å²) >= 11 is 0. The smallest absolute Gasteiger partial charge is 0.270 e. The molecule has 1 aromatic rings. The first-order chi connectivity index (χ1) is 10.5. The quantitative estimate of drug-likeness (QED) is 0.901. The molecule has 1 atom stereocenters. The average Bonchev–Trinajstić information content (AvgIpc) is 2.83. The molecule has 4 aliphatic heterocycles. The van der Waals surface area contributed by atoms with E-state index < -0.39 is 0 Å². The first-order valence-corrected chi connectivity index (χ1v) is 8.19. The number of hydrogen-bond acceptors (Lipinski definition) is 4. The number of carbonyl (C=O) groups excluding carboxylic acids is 1. The maximum atomic E-state index is 12.6. The standard InChI is InChI=1S/C17H23N3O2/c1-17(2)10-22-15-8-18-13(7-12(15)17)16(21)19-14-9-20-5-3-11(14)4-6-20/h7-8,11,14H,3-6,9-10H2,1-2H3,(H,19,21)/t14-/m1/s1. The van der Waals surface area contributed by atoms with Gasteiger partial charge in [0.25, 0.3) is 5.91 Å². The van der Waals surface area contributed by atoms with E-state index in [1.165, 1.54) is 25.9 Å². The number of nitrogens with zero attached hydrogens (tertiary/aromatic N) is 2. The lowest BCUT2D eigenvalue weighted by molar-refractivity contribution is 0.0617. The number of hydrogen-bond donors (Lipinski definition) is 1. The summed E-state index contributed by atoms with van der Waals surface area (Å²) in [4.78, 5) is 19.3. The van der Waals surface area contributed by atoms with E-state index >= 15 is 0 Å². The highest BCUT2D eigenvalue weighted by molar-refractivity contribution is 5.93. The fourth-order valence-electron chi connectivity index (χ4n) is 3.92. The van der Waals surface area contributed by atoms with Gasteiger partial charge in [0.1, 0.15) is 11.4 Å². The van der Waals surface area contributed by atoms with Gasteiger partial charge in [-0.05, 0) is 37.9 Å². The molecular weight excluding hydrogens is 278 g/mol. The Morgan fingerprint density at radius 1 is 1.41 bits per heavy atom. The summed E-state index contributed by atoms with van der Waals surface area (Å²) in [6.07, 6.45) is 4.09. The van der Waals surface area contributed by atoms with Gasteiger partial charge < -0.3 is 15.0 Å². The second-order valence-corrected chi connectivity index (χ2v) is 7.46. The maximum absolute atomic E-state index is 12.6. The minimum absolute atomic E-state index is 0.0516. The van der Waals surface area contributed by atoms with E-state index in [1.807, 2.05) is 6.07 Å². The predicted octanol–water partition coefficient (Wildman–Crippen LogP) is 1.58. The Balaban J connectivity index is 1.52. The molecule has 1 amide bonds. The average molecular weight is 301 g/mol. The third kappa shape index (κ3) is 2.28. The lowest BCUT2D eigenvalue weighted by Gasteiger charge is -2.44. The Bertz CT molecular complexity index is 606. The number of amides is 1. The van der Waals surface area contributed by atoms with Gasteiger partial charge in [0.15, 0.2) is 0 Å². The van der Waals surface area contributed by atoms with Gasteiger partial charge in [-0.3, -0.25) is 4.79 Å². The van der Waals surface area contributed by atoms with Crippen LogP contribution in [0.5, 0.6) is 5.75 Å². The molecule has 3 saturated heterocycles. The van der Waals surface area contributed by atoms with Crippen LogP contribution in [0.1, 0.15) is 42.7 Å². The fourth-order valence-corrected chi connectivity index (χ4v) is 3.92. The topological polar surface area (TPSA) is 54.5 Å². The molecule has 0 aromatic carbocycles. The van der Waals surface area contributed by atoms with Crippen molar-refractivity contribution >= 4 is 5.91 Å². The van der Waals surface area contributed by atoms with E-state index in [4.69, 9.17) is 4.74 Å². The second kappa shape index (κ2) is 4.95. The third-order valence-electron chi connectivity index (χ3n) is 5.39. The molecule has 5 nitrogen and oxygen atoms in total. The number of piperidine rings is 3. The molecule has 0 aliphatic carbocycles. The Hall–Kier alpha value is -1.62. The van der Waals surface area contributed by atoms with Crippen LogP contribution in [0.15, 0.2) is 12.3 Å². The summed E-state index contributed by atoms with van der Waals surface area (Å²) in [7, 11) is 0. The van der Waals surface area contributed by atoms with Gasteiger partial charge in [0.2, 0.25) is 0 Å². The monoisotopic (exact) mass is 301 g/mol. The van der Waals surface area contributed by atoms with Crippen molar-refractivity contribution in [3.05, 3.63) is 23.5 Å². The van der Waals surface area contributed by atoms with Crippen molar-refractivity contribution in [2.45, 2.75) is 38.1 Å². The van der Waals surface area contributed by atoms with E-state index in [-0.39, 0.29) is 17.4 Å². The van der Waals surface area contributed by atoms with Crippen molar-refractivity contribution in [1.29, 1.82) is 0 Å². The lowest BCUT2D eigenvalue weighted by Crippen LogP contribution is -2.57. The van der Waals surface area contributed by atoms with Gasteiger partial charge >= 0.3 is 0 Å². The zero-order valence-corrected chi connectivity index (χ0v) is 13.3. The van der Waals surface area contributed by atoms with Gasteiger partial charge in [0.05, 0.1) is 12.8 Å². The largest absolute Gasteiger partial charge is 0.491 e. The molecule has 22 heavy (non-hydrogen) atoms. The van der Waals surface area contributed by atoms with Gasteiger partial charge in [-0.1, -0.05) is 13.8 Å². The molecule has 3 fully saturated rings. The third-order valence-corrected chi connectivity index (χ3v) is 5.39. The highest BCUT2D eigenvalue weighted by Gasteiger charge is 2.36. The fraction of sp³-hybridized carbons (Fsp3) is 0.647. The molecule has 5 heterocycles. The van der Waals surface area contributed by atoms with E-state index in [0.29, 0.717) is 18.2 Å². The molecule has 0 unspecified atom stereocenters. The number of pyridine rings is 1. The van der Waals surface area contributed by atoms with Gasteiger partial charge in [-0.2, -0.15) is 0 Å². The molecule has 1 N–H and O–H groups in total. The van der Waals surface area contributed by atoms with Gasteiger partial charge in [0, 0.05) is 23.6 Å². The summed E-state index contributed by atoms with van der Waals surface area (Å²) < 4.78 is 5.64. The van der Waals surface area contributed by atoms with Crippen LogP contribution in [0.2, 0.25) is 0 Å². The minimum Gasteiger partial charge on any atom is -0.491 e. The SMILES string of the molecule is CC1(C)COc2cnc(C(=O)N[C@@H]3CN4CCC3CC4)cc21. The molecule has 5 rings (SSSR count). The molecule has 0 radical (unpaired) electrons. The number of carbonyl (C=O) groups is 1. The lowest BCUT2D eigenvalue weighted by atomic mass is 9.84. The zero-order valence-electron chi connectivity index (χ0n) is 13.3. The summed E-state index contributed by atoms with van der Waals surface area (Å²) in [5.41, 5.74) is 1.54. The van der Waals surface area contributed by atoms with Crippen molar-refractivity contribution < 1.29 is 9.53 Å². The molecule has 1 aromatic heterocycles. The van der Waals surface area contributed by atoms with E-state index in [2.05, 4.69) is 29.0 Å². The predicted molar refractivity (Wildman–Crippen MR) is 83.2 cm³/mol. The highest BCUT2D eigenvalue weighted by atomic mass is 16.5. The Kier molecular flexibility index (Phi) is 3.15. The number of rotatable bonds is 2. The first-order valence-electron chi connectivity index (χ1n) is 8.19. The van der Waals surface area contributed by atoms with Crippen LogP contribution in [0, 0.1) is 5.92 Å². The maximum Gasteiger partial charge on any atom is 0.270 e. The second-order valence-electron chi connectivity index (χ2n) is 7.46. The normalized spacial score (nSPS) is 31.5. The highest BCUT2D eigenvalue weighted by Crippen LogP contribution is 2.38. The molecule has 4 aliphatic rings. The number of nitrogens with one attached hydrogen (secondary N) is 1. The zero-order chi connectivity index (χ0) is 15.3. The molecule has 0 saturated carbocycles. The van der Waals surface area contributed by atoms with Gasteiger partial charge in [-0.25, -0.2) is 4.98 Å². The summed E-state index contributed by atoms with van der Waals surface area (Å²) in [5.74, 6) is 1.39. The van der Waals surface area contributed by atoms with Crippen molar-refractivity contribution in [1.82, 2.24) is 15.2 Å². The van der Waals surface area contributed by atoms with Crippen LogP contribution in [-0.4, -0.2) is 48.1 Å². The van der Waals surface area contributed by atoms with E-state index in [9.17, 15) is 4.79 Å². The van der Waals surface area contributed by atoms with Crippen LogP contribution in [0.25, 0.3) is 0 Å². The number of aromatic nitrogens is 1. The Labute approximate surface area is 131 Å². The molecule has 5 heteroatoms. The molecule has 0 spiro atoms. The van der Waals surface area contributed by atoms with Crippen molar-refractivity contribution in [2.75, 3.05) is 26.2 Å². The summed E-state index contributed by atoms with van der Waals surface area (Å²) in [6, 6.07) is 2.17. The van der Waals surface area contributed by atoms with Crippen molar-refractivity contribution in [3.63, 3.8) is 0 Å². The minimum atomic E-state index is -0.0527. The van der Waals surface area contributed by atoms with E-state index in [1.54, 1.807) is 6.20 Å². The van der Waals surface area contributed by atoms with Crippen LogP contribution >= 0.6 is 0 Å². The molecule has 2 bridgehead atoms. The Morgan fingerprint density at radius 3 is 2.86 bits per heavy atom. The van der Waals surface area contributed by atoms with Crippen LogP contribution < -0.4 is 10.1 Å². The Morgan fingerprint density at radius 2 is 2.18 bits per heavy atom. The van der Waals surface area contributed by atoms with E-state index in [0.717, 1.165) is 17.9 Å². The van der Waals surface area contributed by atoms with Crippen LogP contribution in [0.4, 0.5) is 0 Å². The van der Waals surface area contributed by atoms with Crippen molar-refractivity contribution in [3.8, 4) is 5.75 Å². The number of fused-ring (bicyclic) bond motifs is 4. The molecule has 118 valence electrons.